The fourth-order valence-corrected chi connectivity index (χ4v) is 12.8. The summed E-state index contributed by atoms with van der Waals surface area (Å²) in [4.78, 5) is 42.6. The number of hydrogen-bond acceptors (Lipinski definition) is 6. The van der Waals surface area contributed by atoms with Crippen LogP contribution in [0, 0.1) is 50.7 Å². The molecular weight excluding hydrogens is 562 g/mol. The van der Waals surface area contributed by atoms with Crippen LogP contribution in [-0.2, 0) is 23.9 Å². The lowest BCUT2D eigenvalue weighted by Crippen LogP contribution is -2.66. The molecule has 0 unspecified atom stereocenters. The number of carbonyl (C=O) groups excluding carboxylic acids is 3. The molecule has 0 amide bonds. The van der Waals surface area contributed by atoms with Crippen LogP contribution in [0.5, 0.6) is 0 Å². The van der Waals surface area contributed by atoms with E-state index in [0.29, 0.717) is 24.9 Å². The van der Waals surface area contributed by atoms with E-state index >= 15 is 0 Å². The van der Waals surface area contributed by atoms with Crippen LogP contribution in [-0.4, -0.2) is 55.0 Å². The van der Waals surface area contributed by atoms with Gasteiger partial charge in [0.05, 0.1) is 5.41 Å². The molecule has 5 fully saturated rings. The summed E-state index contributed by atoms with van der Waals surface area (Å²) < 4.78 is 12.1. The summed E-state index contributed by atoms with van der Waals surface area (Å²) in [6.07, 6.45) is 12.2. The molecule has 0 aromatic heterocycles. The van der Waals surface area contributed by atoms with Crippen molar-refractivity contribution in [2.24, 2.45) is 50.7 Å². The van der Waals surface area contributed by atoms with Crippen molar-refractivity contribution >= 4 is 17.7 Å². The summed E-state index contributed by atoms with van der Waals surface area (Å²) in [7, 11) is 0. The van der Waals surface area contributed by atoms with Crippen molar-refractivity contribution in [1.29, 1.82) is 0 Å². The van der Waals surface area contributed by atoms with E-state index in [1.165, 1.54) is 24.8 Å². The van der Waals surface area contributed by atoms with Gasteiger partial charge in [0.15, 0.2) is 5.78 Å². The molecule has 45 heavy (non-hydrogen) atoms. The van der Waals surface area contributed by atoms with Crippen molar-refractivity contribution in [2.45, 2.75) is 139 Å². The van der Waals surface area contributed by atoms with Gasteiger partial charge in [-0.2, -0.15) is 0 Å². The molecule has 0 aromatic rings. The number of Topliss-reactive ketones (excluding diaryl/α,β-unsaturated/α-hetero) is 1. The normalized spacial score (nSPS) is 42.8. The number of esters is 2. The number of nitrogens with zero attached hydrogens (tertiary/aromatic N) is 1. The van der Waals surface area contributed by atoms with Gasteiger partial charge in [0.25, 0.3) is 0 Å². The maximum absolute atomic E-state index is 14.3. The summed E-state index contributed by atoms with van der Waals surface area (Å²) in [5, 5.41) is 0. The van der Waals surface area contributed by atoms with E-state index in [0.717, 1.165) is 76.6 Å². The first-order valence-corrected chi connectivity index (χ1v) is 18.5. The maximum Gasteiger partial charge on any atom is 0.316 e. The zero-order valence-electron chi connectivity index (χ0n) is 29.7. The Balaban J connectivity index is 1.31. The third-order valence-corrected chi connectivity index (χ3v) is 15.2. The number of fused-ring (bicyclic) bond motifs is 7. The molecule has 0 N–H and O–H groups in total. The van der Waals surface area contributed by atoms with E-state index in [9.17, 15) is 14.4 Å². The molecule has 1 saturated heterocycles. The van der Waals surface area contributed by atoms with Crippen molar-refractivity contribution < 1.29 is 23.9 Å². The molecule has 6 heteroatoms. The monoisotopic (exact) mass is 623 g/mol. The van der Waals surface area contributed by atoms with Crippen LogP contribution in [0.25, 0.3) is 0 Å². The topological polar surface area (TPSA) is 72.9 Å². The fourth-order valence-electron chi connectivity index (χ4n) is 12.8. The van der Waals surface area contributed by atoms with E-state index in [1.54, 1.807) is 6.92 Å². The second-order valence-electron chi connectivity index (χ2n) is 17.8. The Labute approximate surface area is 272 Å². The highest BCUT2D eigenvalue weighted by Crippen LogP contribution is 2.76. The van der Waals surface area contributed by atoms with Crippen LogP contribution in [0.3, 0.4) is 0 Å². The van der Waals surface area contributed by atoms with Gasteiger partial charge in [-0.1, -0.05) is 54.9 Å². The first-order valence-electron chi connectivity index (χ1n) is 18.5. The maximum atomic E-state index is 14.3. The average Bonchev–Trinajstić information content (AvgIpc) is 3.28. The zero-order chi connectivity index (χ0) is 32.6. The molecule has 6 rings (SSSR count). The molecule has 6 nitrogen and oxygen atoms in total. The predicted octanol–water partition coefficient (Wildman–Crippen LogP) is 7.93. The van der Waals surface area contributed by atoms with Gasteiger partial charge in [0, 0.05) is 25.3 Å². The van der Waals surface area contributed by atoms with E-state index < -0.39 is 5.41 Å². The minimum absolute atomic E-state index is 0.0123. The van der Waals surface area contributed by atoms with E-state index in [2.05, 4.69) is 53.4 Å². The molecule has 0 spiro atoms. The number of hydrogen-bond donors (Lipinski definition) is 0. The Bertz CT molecular complexity index is 1250. The van der Waals surface area contributed by atoms with E-state index in [1.807, 2.05) is 0 Å². The van der Waals surface area contributed by atoms with Crippen molar-refractivity contribution in [3.8, 4) is 0 Å². The third-order valence-electron chi connectivity index (χ3n) is 15.2. The van der Waals surface area contributed by atoms with E-state index in [4.69, 9.17) is 9.47 Å². The molecule has 1 heterocycles. The van der Waals surface area contributed by atoms with E-state index in [-0.39, 0.29) is 57.3 Å². The molecule has 4 saturated carbocycles. The Morgan fingerprint density at radius 3 is 2.24 bits per heavy atom. The second kappa shape index (κ2) is 11.5. The highest BCUT2D eigenvalue weighted by atomic mass is 16.5. The lowest BCUT2D eigenvalue weighted by Gasteiger charge is -2.72. The molecule has 1 aliphatic heterocycles. The van der Waals surface area contributed by atoms with Gasteiger partial charge in [-0.15, -0.1) is 0 Å². The highest BCUT2D eigenvalue weighted by Gasteiger charge is 2.71. The average molecular weight is 624 g/mol. The lowest BCUT2D eigenvalue weighted by atomic mass is 9.33. The molecular formula is C39H61NO5. The van der Waals surface area contributed by atoms with Crippen LogP contribution >= 0.6 is 0 Å². The van der Waals surface area contributed by atoms with Crippen LogP contribution in [0.2, 0.25) is 0 Å². The van der Waals surface area contributed by atoms with Crippen LogP contribution < -0.4 is 0 Å². The van der Waals surface area contributed by atoms with Gasteiger partial charge >= 0.3 is 11.9 Å². The van der Waals surface area contributed by atoms with Gasteiger partial charge in [0.1, 0.15) is 12.7 Å². The number of rotatable bonds is 6. The molecule has 0 radical (unpaired) electrons. The zero-order valence-corrected chi connectivity index (χ0v) is 29.7. The SMILES string of the molecule is CC(=O)O[C@H]1CC[C@]2(C)[C@H]3CC[C@@H]4C5=C(C(C)C)C(=O)C[C@]5(C(=O)OCCN5CCCCC5)CC[C@@]4(C)[C@]3(C)CC[C@H]2C1(C)C. The van der Waals surface area contributed by atoms with Crippen molar-refractivity contribution in [3.05, 3.63) is 11.1 Å². The largest absolute Gasteiger partial charge is 0.464 e. The summed E-state index contributed by atoms with van der Waals surface area (Å²) in [6.45, 7) is 21.6. The summed E-state index contributed by atoms with van der Waals surface area (Å²) in [6, 6.07) is 0. The smallest absolute Gasteiger partial charge is 0.316 e. The standard InChI is InChI=1S/C39H61NO5/c1-25(2)32-28(42)24-39(34(43)44-23-22-40-20-10-9-11-21-40)19-18-37(7)27(33(32)39)12-13-30-36(6)16-15-31(45-26(3)41)35(4,5)29(36)14-17-38(30,37)8/h25,27,29-31H,9-24H2,1-8H3/t27-,29+,30-,31+,36+,37-,38-,39-/m1/s1. The molecule has 8 atom stereocenters. The van der Waals surface area contributed by atoms with Crippen molar-refractivity contribution in [3.63, 3.8) is 0 Å². The minimum Gasteiger partial charge on any atom is -0.464 e. The summed E-state index contributed by atoms with van der Waals surface area (Å²) in [5.74, 6) is 1.29. The van der Waals surface area contributed by atoms with Crippen LogP contribution in [0.15, 0.2) is 11.1 Å². The Morgan fingerprint density at radius 1 is 0.867 bits per heavy atom. The number of allylic oxidation sites excluding steroid dienone is 1. The lowest BCUT2D eigenvalue weighted by molar-refractivity contribution is -0.233. The fraction of sp³-hybridized carbons (Fsp3) is 0.872. The molecule has 5 aliphatic carbocycles. The van der Waals surface area contributed by atoms with Crippen molar-refractivity contribution in [2.75, 3.05) is 26.2 Å². The van der Waals surface area contributed by atoms with Crippen LogP contribution in [0.1, 0.15) is 132 Å². The molecule has 252 valence electrons. The first kappa shape index (κ1) is 33.2. The van der Waals surface area contributed by atoms with Gasteiger partial charge in [-0.05, 0) is 128 Å². The molecule has 6 aliphatic rings. The first-order chi connectivity index (χ1) is 21.1. The second-order valence-corrected chi connectivity index (χ2v) is 17.8. The molecule has 0 aromatic carbocycles. The molecule has 0 bridgehead atoms. The third kappa shape index (κ3) is 4.91. The van der Waals surface area contributed by atoms with Gasteiger partial charge in [-0.3, -0.25) is 19.3 Å². The predicted molar refractivity (Wildman–Crippen MR) is 176 cm³/mol. The van der Waals surface area contributed by atoms with Gasteiger partial charge in [0.2, 0.25) is 0 Å². The number of ketones is 1. The quantitative estimate of drug-likeness (QED) is 0.280. The summed E-state index contributed by atoms with van der Waals surface area (Å²) in [5.41, 5.74) is 1.58. The number of ether oxygens (including phenoxy) is 2. The van der Waals surface area contributed by atoms with Gasteiger partial charge in [-0.25, -0.2) is 0 Å². The Morgan fingerprint density at radius 2 is 1.58 bits per heavy atom. The van der Waals surface area contributed by atoms with Crippen molar-refractivity contribution in [1.82, 2.24) is 4.90 Å². The Hall–Kier alpha value is -1.69. The Kier molecular flexibility index (Phi) is 8.47. The number of likely N-dealkylation sites (tertiary alicyclic amines) is 1. The van der Waals surface area contributed by atoms with Crippen LogP contribution in [0.4, 0.5) is 0 Å². The van der Waals surface area contributed by atoms with Gasteiger partial charge < -0.3 is 9.47 Å². The summed E-state index contributed by atoms with van der Waals surface area (Å²) >= 11 is 0. The minimum atomic E-state index is -0.781. The highest BCUT2D eigenvalue weighted by molar-refractivity contribution is 6.06. The number of carbonyl (C=O) groups is 3. The number of piperidine rings is 1.